The van der Waals surface area contributed by atoms with Gasteiger partial charge in [0.1, 0.15) is 0 Å². The fourth-order valence-corrected chi connectivity index (χ4v) is 2.83. The van der Waals surface area contributed by atoms with Gasteiger partial charge < -0.3 is 5.11 Å². The van der Waals surface area contributed by atoms with E-state index in [1.165, 1.54) is 0 Å². The fraction of sp³-hybridized carbons (Fsp3) is 0.333. The van der Waals surface area contributed by atoms with E-state index in [1.807, 2.05) is 30.3 Å². The van der Waals surface area contributed by atoms with Gasteiger partial charge in [-0.2, -0.15) is 0 Å². The van der Waals surface area contributed by atoms with Crippen LogP contribution in [0.15, 0.2) is 52.6 Å². The highest BCUT2D eigenvalue weighted by molar-refractivity contribution is 6.25. The lowest BCUT2D eigenvalue weighted by atomic mass is 9.76. The first-order chi connectivity index (χ1) is 9.99. The molecule has 1 aromatic carbocycles. The van der Waals surface area contributed by atoms with Gasteiger partial charge in [-0.1, -0.05) is 30.3 Å². The Labute approximate surface area is 125 Å². The molecule has 0 aliphatic heterocycles. The van der Waals surface area contributed by atoms with Crippen LogP contribution < -0.4 is 0 Å². The van der Waals surface area contributed by atoms with Crippen molar-refractivity contribution in [1.29, 1.82) is 0 Å². The third-order valence-electron chi connectivity index (χ3n) is 4.20. The van der Waals surface area contributed by atoms with Gasteiger partial charge >= 0.3 is 0 Å². The summed E-state index contributed by atoms with van der Waals surface area (Å²) in [5, 5.41) is 9.35. The van der Waals surface area contributed by atoms with Crippen molar-refractivity contribution in [3.63, 3.8) is 0 Å². The van der Waals surface area contributed by atoms with Gasteiger partial charge in [-0.3, -0.25) is 9.59 Å². The summed E-state index contributed by atoms with van der Waals surface area (Å²) < 4.78 is 0. The van der Waals surface area contributed by atoms with Gasteiger partial charge in [0.2, 0.25) is 0 Å². The van der Waals surface area contributed by atoms with Crippen LogP contribution in [0.25, 0.3) is 0 Å². The van der Waals surface area contributed by atoms with Crippen LogP contribution in [0.5, 0.6) is 0 Å². The van der Waals surface area contributed by atoms with Crippen LogP contribution in [-0.4, -0.2) is 23.3 Å². The van der Waals surface area contributed by atoms with Crippen molar-refractivity contribution in [3.05, 3.63) is 58.2 Å². The summed E-state index contributed by atoms with van der Waals surface area (Å²) in [6.45, 7) is 5.07. The third-order valence-corrected chi connectivity index (χ3v) is 4.20. The molecule has 0 amide bonds. The maximum absolute atomic E-state index is 12.6. The summed E-state index contributed by atoms with van der Waals surface area (Å²) in [5.74, 6) is -0.386. The molecule has 0 radical (unpaired) electrons. The van der Waals surface area contributed by atoms with E-state index in [4.69, 9.17) is 0 Å². The number of hydrogen-bond donors (Lipinski definition) is 1. The van der Waals surface area contributed by atoms with Crippen molar-refractivity contribution < 1.29 is 14.7 Å². The molecule has 0 heterocycles. The van der Waals surface area contributed by atoms with Gasteiger partial charge in [-0.15, -0.1) is 0 Å². The van der Waals surface area contributed by atoms with Crippen LogP contribution in [0.2, 0.25) is 0 Å². The normalized spacial score (nSPS) is 17.5. The molecule has 0 spiro atoms. The third kappa shape index (κ3) is 2.74. The Balaban J connectivity index is 2.55. The van der Waals surface area contributed by atoms with Gasteiger partial charge in [-0.25, -0.2) is 0 Å². The number of carbonyl (C=O) groups excluding carboxylic acids is 2. The summed E-state index contributed by atoms with van der Waals surface area (Å²) in [6.07, 6.45) is 0.433. The van der Waals surface area contributed by atoms with Crippen LogP contribution in [0.4, 0.5) is 0 Å². The minimum atomic E-state index is -0.240. The predicted molar refractivity (Wildman–Crippen MR) is 82.0 cm³/mol. The Bertz CT molecular complexity index is 636. The van der Waals surface area contributed by atoms with Crippen molar-refractivity contribution in [1.82, 2.24) is 0 Å². The topological polar surface area (TPSA) is 54.4 Å². The number of Topliss-reactive ketones (excluding diaryl/α,β-unsaturated/α-hetero) is 2. The molecule has 1 aliphatic rings. The number of rotatable bonds is 4. The Hall–Kier alpha value is -2.00. The van der Waals surface area contributed by atoms with E-state index in [1.54, 1.807) is 20.8 Å². The minimum Gasteiger partial charge on any atom is -0.396 e. The Morgan fingerprint density at radius 2 is 1.48 bits per heavy atom. The van der Waals surface area contributed by atoms with E-state index >= 15 is 0 Å². The standard InChI is InChI=1S/C18H20O3/c1-11-12(2)18(21)16(13(3)17(11)20)15(9-10-19)14-7-5-4-6-8-14/h4-8,15,19H,9-10H2,1-3H3. The number of aliphatic hydroxyl groups is 1. The summed E-state index contributed by atoms with van der Waals surface area (Å²) in [6, 6.07) is 9.57. The quantitative estimate of drug-likeness (QED) is 0.865. The molecular weight excluding hydrogens is 264 g/mol. The number of ketones is 2. The number of aliphatic hydroxyl groups excluding tert-OH is 1. The molecule has 1 aromatic rings. The van der Waals surface area contributed by atoms with Gasteiger partial charge in [-0.05, 0) is 32.8 Å². The van der Waals surface area contributed by atoms with Gasteiger partial charge in [0.05, 0.1) is 0 Å². The average Bonchev–Trinajstić information content (AvgIpc) is 2.51. The number of benzene rings is 1. The van der Waals surface area contributed by atoms with Crippen molar-refractivity contribution in [2.24, 2.45) is 0 Å². The lowest BCUT2D eigenvalue weighted by Gasteiger charge is -2.25. The molecule has 0 saturated carbocycles. The SMILES string of the molecule is CC1=C(C)C(=O)C(C(CCO)c2ccccc2)=C(C)C1=O. The monoisotopic (exact) mass is 284 g/mol. The lowest BCUT2D eigenvalue weighted by Crippen LogP contribution is -2.25. The maximum Gasteiger partial charge on any atom is 0.186 e. The number of hydrogen-bond acceptors (Lipinski definition) is 3. The van der Waals surface area contributed by atoms with Crippen molar-refractivity contribution in [3.8, 4) is 0 Å². The predicted octanol–water partition coefficient (Wildman–Crippen LogP) is 2.96. The smallest absolute Gasteiger partial charge is 0.186 e. The van der Waals surface area contributed by atoms with Gasteiger partial charge in [0.15, 0.2) is 11.6 Å². The van der Waals surface area contributed by atoms with Crippen LogP contribution in [0, 0.1) is 0 Å². The molecule has 1 aliphatic carbocycles. The minimum absolute atomic E-state index is 0.0282. The van der Waals surface area contributed by atoms with E-state index in [2.05, 4.69) is 0 Å². The average molecular weight is 284 g/mol. The van der Waals surface area contributed by atoms with E-state index in [0.29, 0.717) is 28.7 Å². The zero-order valence-corrected chi connectivity index (χ0v) is 12.6. The molecule has 0 bridgehead atoms. The van der Waals surface area contributed by atoms with Gasteiger partial charge in [0, 0.05) is 34.8 Å². The van der Waals surface area contributed by atoms with Crippen molar-refractivity contribution in [2.75, 3.05) is 6.61 Å². The molecule has 110 valence electrons. The number of allylic oxidation sites excluding steroid dienone is 4. The van der Waals surface area contributed by atoms with Crippen LogP contribution in [0.3, 0.4) is 0 Å². The molecule has 3 heteroatoms. The summed E-state index contributed by atoms with van der Waals surface area (Å²) >= 11 is 0. The molecule has 21 heavy (non-hydrogen) atoms. The Kier molecular flexibility index (Phi) is 4.53. The van der Waals surface area contributed by atoms with Crippen molar-refractivity contribution in [2.45, 2.75) is 33.1 Å². The first kappa shape index (κ1) is 15.4. The van der Waals surface area contributed by atoms with Crippen LogP contribution >= 0.6 is 0 Å². The van der Waals surface area contributed by atoms with Crippen LogP contribution in [-0.2, 0) is 9.59 Å². The Morgan fingerprint density at radius 3 is 2.05 bits per heavy atom. The zero-order chi connectivity index (χ0) is 15.6. The highest BCUT2D eigenvalue weighted by atomic mass is 16.3. The second-order valence-electron chi connectivity index (χ2n) is 5.42. The molecule has 1 atom stereocenters. The summed E-state index contributed by atoms with van der Waals surface area (Å²) in [5.41, 5.74) is 3.03. The molecule has 0 aromatic heterocycles. The van der Waals surface area contributed by atoms with E-state index in [-0.39, 0.29) is 24.1 Å². The summed E-state index contributed by atoms with van der Waals surface area (Å²) in [7, 11) is 0. The first-order valence-electron chi connectivity index (χ1n) is 7.12. The van der Waals surface area contributed by atoms with E-state index in [9.17, 15) is 14.7 Å². The molecule has 1 N–H and O–H groups in total. The maximum atomic E-state index is 12.6. The molecule has 0 fully saturated rings. The lowest BCUT2D eigenvalue weighted by molar-refractivity contribution is -0.116. The highest BCUT2D eigenvalue weighted by Crippen LogP contribution is 2.36. The zero-order valence-electron chi connectivity index (χ0n) is 12.6. The second-order valence-corrected chi connectivity index (χ2v) is 5.42. The molecule has 0 saturated heterocycles. The molecule has 2 rings (SSSR count). The molecule has 3 nitrogen and oxygen atoms in total. The largest absolute Gasteiger partial charge is 0.396 e. The fourth-order valence-electron chi connectivity index (χ4n) is 2.83. The van der Waals surface area contributed by atoms with Gasteiger partial charge in [0.25, 0.3) is 0 Å². The number of carbonyl (C=O) groups is 2. The molecular formula is C18H20O3. The Morgan fingerprint density at radius 1 is 0.905 bits per heavy atom. The van der Waals surface area contributed by atoms with Crippen LogP contribution in [0.1, 0.15) is 38.7 Å². The van der Waals surface area contributed by atoms with Crippen molar-refractivity contribution >= 4 is 11.6 Å². The summed E-state index contributed by atoms with van der Waals surface area (Å²) in [4.78, 5) is 24.9. The highest BCUT2D eigenvalue weighted by Gasteiger charge is 2.32. The first-order valence-corrected chi connectivity index (χ1v) is 7.12. The second kappa shape index (κ2) is 6.19. The van der Waals surface area contributed by atoms with E-state index < -0.39 is 0 Å². The molecule has 1 unspecified atom stereocenters. The van der Waals surface area contributed by atoms with E-state index in [0.717, 1.165) is 5.56 Å².